The summed E-state index contributed by atoms with van der Waals surface area (Å²) in [6, 6.07) is 0. The van der Waals surface area contributed by atoms with E-state index in [1.54, 1.807) is 0 Å². The second-order valence-electron chi connectivity index (χ2n) is 3.74. The van der Waals surface area contributed by atoms with Gasteiger partial charge in [0.15, 0.2) is 0 Å². The van der Waals surface area contributed by atoms with Crippen LogP contribution in [0.4, 0.5) is 0 Å². The molecule has 0 N–H and O–H groups in total. The fraction of sp³-hybridized carbons (Fsp3) is 1.00. The van der Waals surface area contributed by atoms with Gasteiger partial charge in [0.2, 0.25) is 0 Å². The Balaban J connectivity index is 3.27. The lowest BCUT2D eigenvalue weighted by Crippen LogP contribution is -2.03. The third kappa shape index (κ3) is 6.86. The molecule has 0 aromatic carbocycles. The number of hydrogen-bond acceptors (Lipinski definition) is 0. The standard InChI is InChI=1S/C10H21Br/c1-4-5-6-9(2)7-10(3)8-11/h9-10H,4-8H2,1-3H3. The van der Waals surface area contributed by atoms with Crippen molar-refractivity contribution in [2.45, 2.75) is 46.5 Å². The molecule has 0 heterocycles. The first kappa shape index (κ1) is 11.5. The van der Waals surface area contributed by atoms with Gasteiger partial charge in [0.1, 0.15) is 0 Å². The van der Waals surface area contributed by atoms with Gasteiger partial charge in [-0.15, -0.1) is 0 Å². The molecule has 2 unspecified atom stereocenters. The zero-order chi connectivity index (χ0) is 8.69. The SMILES string of the molecule is CCCCC(C)CC(C)CBr. The summed E-state index contributed by atoms with van der Waals surface area (Å²) < 4.78 is 0. The minimum Gasteiger partial charge on any atom is -0.0925 e. The Labute approximate surface area is 79.9 Å². The molecule has 0 spiro atoms. The van der Waals surface area contributed by atoms with Gasteiger partial charge >= 0.3 is 0 Å². The van der Waals surface area contributed by atoms with Crippen molar-refractivity contribution < 1.29 is 0 Å². The summed E-state index contributed by atoms with van der Waals surface area (Å²) in [6.45, 7) is 6.95. The van der Waals surface area contributed by atoms with Gasteiger partial charge < -0.3 is 0 Å². The second-order valence-corrected chi connectivity index (χ2v) is 4.39. The van der Waals surface area contributed by atoms with Crippen LogP contribution in [0, 0.1) is 11.8 Å². The van der Waals surface area contributed by atoms with E-state index in [2.05, 4.69) is 36.7 Å². The van der Waals surface area contributed by atoms with Crippen LogP contribution >= 0.6 is 15.9 Å². The highest BCUT2D eigenvalue weighted by Gasteiger charge is 2.06. The molecule has 0 rings (SSSR count). The van der Waals surface area contributed by atoms with Gasteiger partial charge in [0, 0.05) is 5.33 Å². The summed E-state index contributed by atoms with van der Waals surface area (Å²) >= 11 is 3.51. The molecule has 0 aliphatic rings. The first-order valence-electron chi connectivity index (χ1n) is 4.76. The molecule has 0 aromatic heterocycles. The van der Waals surface area contributed by atoms with Gasteiger partial charge in [0.05, 0.1) is 0 Å². The third-order valence-corrected chi connectivity index (χ3v) is 3.22. The van der Waals surface area contributed by atoms with Crippen LogP contribution in [0.2, 0.25) is 0 Å². The first-order chi connectivity index (χ1) is 5.20. The summed E-state index contributed by atoms with van der Waals surface area (Å²) in [5.41, 5.74) is 0. The van der Waals surface area contributed by atoms with Crippen molar-refractivity contribution in [2.24, 2.45) is 11.8 Å². The van der Waals surface area contributed by atoms with E-state index in [9.17, 15) is 0 Å². The van der Waals surface area contributed by atoms with E-state index >= 15 is 0 Å². The van der Waals surface area contributed by atoms with E-state index in [4.69, 9.17) is 0 Å². The molecule has 11 heavy (non-hydrogen) atoms. The maximum atomic E-state index is 3.51. The third-order valence-electron chi connectivity index (χ3n) is 2.12. The zero-order valence-electron chi connectivity index (χ0n) is 8.07. The largest absolute Gasteiger partial charge is 0.0925 e. The summed E-state index contributed by atoms with van der Waals surface area (Å²) in [4.78, 5) is 0. The number of hydrogen-bond donors (Lipinski definition) is 0. The normalized spacial score (nSPS) is 16.4. The Morgan fingerprint density at radius 1 is 1.18 bits per heavy atom. The lowest BCUT2D eigenvalue weighted by molar-refractivity contribution is 0.409. The molecule has 0 fully saturated rings. The Kier molecular flexibility index (Phi) is 7.46. The molecule has 0 radical (unpaired) electrons. The molecule has 0 aliphatic heterocycles. The van der Waals surface area contributed by atoms with Gasteiger partial charge in [-0.2, -0.15) is 0 Å². The lowest BCUT2D eigenvalue weighted by Gasteiger charge is -2.14. The minimum atomic E-state index is 0.849. The molecule has 0 nitrogen and oxygen atoms in total. The molecule has 0 amide bonds. The highest BCUT2D eigenvalue weighted by molar-refractivity contribution is 9.09. The van der Waals surface area contributed by atoms with E-state index in [1.165, 1.54) is 25.7 Å². The summed E-state index contributed by atoms with van der Waals surface area (Å²) in [7, 11) is 0. The summed E-state index contributed by atoms with van der Waals surface area (Å²) in [5.74, 6) is 1.77. The fourth-order valence-corrected chi connectivity index (χ4v) is 1.68. The van der Waals surface area contributed by atoms with Crippen molar-refractivity contribution >= 4 is 15.9 Å². The van der Waals surface area contributed by atoms with Gasteiger partial charge in [-0.3, -0.25) is 0 Å². The predicted octanol–water partition coefficient (Wildman–Crippen LogP) is 4.23. The van der Waals surface area contributed by atoms with Crippen LogP contribution in [0.25, 0.3) is 0 Å². The smallest absolute Gasteiger partial charge is 0.00571 e. The van der Waals surface area contributed by atoms with Gasteiger partial charge in [-0.1, -0.05) is 56.0 Å². The van der Waals surface area contributed by atoms with Crippen LogP contribution in [0.5, 0.6) is 0 Å². The van der Waals surface area contributed by atoms with Crippen molar-refractivity contribution in [1.82, 2.24) is 0 Å². The Bertz CT molecular complexity index is 80.9. The molecular formula is C10H21Br. The van der Waals surface area contributed by atoms with E-state index in [-0.39, 0.29) is 0 Å². The van der Waals surface area contributed by atoms with Crippen LogP contribution in [0.3, 0.4) is 0 Å². The number of rotatable bonds is 6. The Morgan fingerprint density at radius 2 is 1.82 bits per heavy atom. The molecule has 0 saturated carbocycles. The lowest BCUT2D eigenvalue weighted by atomic mass is 9.94. The molecule has 0 saturated heterocycles. The molecule has 0 aromatic rings. The summed E-state index contributed by atoms with van der Waals surface area (Å²) in [6.07, 6.45) is 5.53. The number of alkyl halides is 1. The molecule has 0 bridgehead atoms. The fourth-order valence-electron chi connectivity index (χ4n) is 1.42. The average Bonchev–Trinajstić information content (AvgIpc) is 2.00. The van der Waals surface area contributed by atoms with Crippen LogP contribution < -0.4 is 0 Å². The predicted molar refractivity (Wildman–Crippen MR) is 56.3 cm³/mol. The molecular weight excluding hydrogens is 200 g/mol. The Morgan fingerprint density at radius 3 is 2.27 bits per heavy atom. The molecule has 2 atom stereocenters. The quantitative estimate of drug-likeness (QED) is 0.588. The van der Waals surface area contributed by atoms with Crippen LogP contribution in [0.1, 0.15) is 46.5 Å². The highest BCUT2D eigenvalue weighted by atomic mass is 79.9. The van der Waals surface area contributed by atoms with E-state index in [1.807, 2.05) is 0 Å². The molecule has 68 valence electrons. The molecule has 0 aliphatic carbocycles. The first-order valence-corrected chi connectivity index (χ1v) is 5.88. The zero-order valence-corrected chi connectivity index (χ0v) is 9.65. The highest BCUT2D eigenvalue weighted by Crippen LogP contribution is 2.18. The van der Waals surface area contributed by atoms with Gasteiger partial charge in [0.25, 0.3) is 0 Å². The topological polar surface area (TPSA) is 0 Å². The summed E-state index contributed by atoms with van der Waals surface area (Å²) in [5, 5.41) is 1.16. The maximum absolute atomic E-state index is 3.51. The monoisotopic (exact) mass is 220 g/mol. The average molecular weight is 221 g/mol. The van der Waals surface area contributed by atoms with Crippen LogP contribution in [-0.2, 0) is 0 Å². The Hall–Kier alpha value is 0.480. The maximum Gasteiger partial charge on any atom is 0.00571 e. The van der Waals surface area contributed by atoms with Crippen molar-refractivity contribution in [3.63, 3.8) is 0 Å². The van der Waals surface area contributed by atoms with Gasteiger partial charge in [-0.25, -0.2) is 0 Å². The second kappa shape index (κ2) is 7.15. The van der Waals surface area contributed by atoms with Crippen LogP contribution in [-0.4, -0.2) is 5.33 Å². The minimum absolute atomic E-state index is 0.849. The van der Waals surface area contributed by atoms with Crippen molar-refractivity contribution in [1.29, 1.82) is 0 Å². The van der Waals surface area contributed by atoms with Gasteiger partial charge in [-0.05, 0) is 18.3 Å². The van der Waals surface area contributed by atoms with Crippen LogP contribution in [0.15, 0.2) is 0 Å². The van der Waals surface area contributed by atoms with Crippen molar-refractivity contribution in [2.75, 3.05) is 5.33 Å². The van der Waals surface area contributed by atoms with E-state index in [0.29, 0.717) is 0 Å². The molecule has 1 heteroatoms. The van der Waals surface area contributed by atoms with Crippen molar-refractivity contribution in [3.8, 4) is 0 Å². The van der Waals surface area contributed by atoms with E-state index in [0.717, 1.165) is 17.2 Å². The van der Waals surface area contributed by atoms with E-state index < -0.39 is 0 Å². The number of halogens is 1. The van der Waals surface area contributed by atoms with Crippen molar-refractivity contribution in [3.05, 3.63) is 0 Å². The number of unbranched alkanes of at least 4 members (excludes halogenated alkanes) is 1.